The fraction of sp³-hybridized carbons (Fsp3) is 0.0455. The normalized spacial score (nSPS) is 11.4. The van der Waals surface area contributed by atoms with E-state index in [9.17, 15) is 20.1 Å². The Kier molecular flexibility index (Phi) is 3.75. The third-order valence-corrected chi connectivity index (χ3v) is 5.08. The molecule has 3 heterocycles. The van der Waals surface area contributed by atoms with E-state index in [2.05, 4.69) is 15.0 Å². The molecule has 30 heavy (non-hydrogen) atoms. The van der Waals surface area contributed by atoms with Crippen molar-refractivity contribution in [3.63, 3.8) is 0 Å². The number of para-hydroxylation sites is 1. The molecule has 5 rings (SSSR count). The molecular weight excluding hydrogens is 384 g/mol. The zero-order valence-electron chi connectivity index (χ0n) is 15.8. The third-order valence-electron chi connectivity index (χ3n) is 5.08. The molecule has 5 aromatic rings. The molecule has 4 N–H and O–H groups in total. The van der Waals surface area contributed by atoms with Gasteiger partial charge < -0.3 is 20.3 Å². The SMILES string of the molecule is CC(=O)c1c(O)c(O)n(-c2ccc3nc[nH]c3c2)c1-c1ccc2cccc(O)c2n1. The summed E-state index contributed by atoms with van der Waals surface area (Å²) in [4.78, 5) is 24.1. The number of carbonyl (C=O) groups is 1. The number of Topliss-reactive ketones (excluding diaryl/α,β-unsaturated/α-hetero) is 1. The van der Waals surface area contributed by atoms with Gasteiger partial charge in [-0.05, 0) is 37.3 Å². The van der Waals surface area contributed by atoms with E-state index in [1.165, 1.54) is 17.6 Å². The van der Waals surface area contributed by atoms with Gasteiger partial charge in [-0.3, -0.25) is 9.36 Å². The predicted molar refractivity (Wildman–Crippen MR) is 111 cm³/mol. The van der Waals surface area contributed by atoms with E-state index in [0.29, 0.717) is 22.3 Å². The summed E-state index contributed by atoms with van der Waals surface area (Å²) >= 11 is 0. The molecule has 0 atom stereocenters. The maximum atomic E-state index is 12.4. The lowest BCUT2D eigenvalue weighted by atomic mass is 10.1. The topological polar surface area (TPSA) is 124 Å². The number of phenolic OH excluding ortho intramolecular Hbond substituents is 1. The molecule has 0 saturated carbocycles. The molecule has 0 bridgehead atoms. The van der Waals surface area contributed by atoms with Crippen LogP contribution in [0, 0.1) is 0 Å². The number of hydrogen-bond acceptors (Lipinski definition) is 6. The average molecular weight is 400 g/mol. The number of aromatic amines is 1. The number of imidazole rings is 1. The number of fused-ring (bicyclic) bond motifs is 2. The number of aromatic nitrogens is 4. The minimum Gasteiger partial charge on any atom is -0.506 e. The summed E-state index contributed by atoms with van der Waals surface area (Å²) in [7, 11) is 0. The van der Waals surface area contributed by atoms with Gasteiger partial charge in [-0.1, -0.05) is 18.2 Å². The van der Waals surface area contributed by atoms with Gasteiger partial charge in [0.15, 0.2) is 11.5 Å². The van der Waals surface area contributed by atoms with Gasteiger partial charge in [0.05, 0.1) is 40.0 Å². The third kappa shape index (κ3) is 2.51. The standard InChI is InChI=1S/C22H16N4O4/c1-11(27)18-20(15-7-5-12-3-2-4-17(28)19(12)25-15)26(22(30)21(18)29)13-6-8-14-16(9-13)24-10-23-14/h2-10,28-30H,1H3,(H,23,24). The number of carbonyl (C=O) groups excluding carboxylic acids is 1. The highest BCUT2D eigenvalue weighted by atomic mass is 16.3. The molecule has 0 aliphatic rings. The highest BCUT2D eigenvalue weighted by Gasteiger charge is 2.28. The van der Waals surface area contributed by atoms with Crippen LogP contribution in [0.3, 0.4) is 0 Å². The second-order valence-corrected chi connectivity index (χ2v) is 6.94. The van der Waals surface area contributed by atoms with Crippen LogP contribution in [0.5, 0.6) is 17.4 Å². The second kappa shape index (κ2) is 6.35. The van der Waals surface area contributed by atoms with E-state index < -0.39 is 17.4 Å². The number of nitrogens with one attached hydrogen (secondary N) is 1. The van der Waals surface area contributed by atoms with Crippen molar-refractivity contribution in [1.82, 2.24) is 19.5 Å². The summed E-state index contributed by atoms with van der Waals surface area (Å²) in [6.45, 7) is 1.30. The van der Waals surface area contributed by atoms with Crippen molar-refractivity contribution in [1.29, 1.82) is 0 Å². The van der Waals surface area contributed by atoms with Crippen LogP contribution >= 0.6 is 0 Å². The molecule has 148 valence electrons. The summed E-state index contributed by atoms with van der Waals surface area (Å²) in [5, 5.41) is 32.2. The van der Waals surface area contributed by atoms with Gasteiger partial charge in [-0.15, -0.1) is 0 Å². The van der Waals surface area contributed by atoms with Crippen molar-refractivity contribution < 1.29 is 20.1 Å². The van der Waals surface area contributed by atoms with E-state index in [1.807, 2.05) is 0 Å². The molecule has 0 radical (unpaired) electrons. The lowest BCUT2D eigenvalue weighted by molar-refractivity contribution is 0.101. The van der Waals surface area contributed by atoms with Gasteiger partial charge in [0, 0.05) is 5.39 Å². The van der Waals surface area contributed by atoms with Crippen LogP contribution in [0.4, 0.5) is 0 Å². The second-order valence-electron chi connectivity index (χ2n) is 6.94. The molecule has 0 unspecified atom stereocenters. The first kappa shape index (κ1) is 17.7. The van der Waals surface area contributed by atoms with E-state index in [4.69, 9.17) is 0 Å². The first-order valence-corrected chi connectivity index (χ1v) is 9.16. The Morgan fingerprint density at radius 1 is 1.07 bits per heavy atom. The number of pyridine rings is 1. The number of benzene rings is 2. The molecule has 0 fully saturated rings. The lowest BCUT2D eigenvalue weighted by Crippen LogP contribution is -2.02. The van der Waals surface area contributed by atoms with Gasteiger partial charge in [0.2, 0.25) is 5.88 Å². The number of hydrogen-bond donors (Lipinski definition) is 4. The summed E-state index contributed by atoms with van der Waals surface area (Å²) < 4.78 is 1.36. The largest absolute Gasteiger partial charge is 0.506 e. The summed E-state index contributed by atoms with van der Waals surface area (Å²) in [6, 6.07) is 13.7. The fourth-order valence-corrected chi connectivity index (χ4v) is 3.70. The van der Waals surface area contributed by atoms with Crippen molar-refractivity contribution in [3.8, 4) is 34.5 Å². The van der Waals surface area contributed by atoms with Crippen molar-refractivity contribution >= 4 is 27.7 Å². The van der Waals surface area contributed by atoms with Crippen molar-refractivity contribution in [2.24, 2.45) is 0 Å². The Morgan fingerprint density at radius 2 is 1.90 bits per heavy atom. The number of H-pyrrole nitrogens is 1. The number of ketones is 1. The van der Waals surface area contributed by atoms with E-state index in [1.54, 1.807) is 48.8 Å². The fourth-order valence-electron chi connectivity index (χ4n) is 3.70. The van der Waals surface area contributed by atoms with Crippen molar-refractivity contribution in [2.75, 3.05) is 0 Å². The Hall–Kier alpha value is -4.33. The summed E-state index contributed by atoms with van der Waals surface area (Å²) in [5.74, 6) is -1.45. The first-order chi connectivity index (χ1) is 14.5. The first-order valence-electron chi connectivity index (χ1n) is 9.16. The summed E-state index contributed by atoms with van der Waals surface area (Å²) in [5.41, 5.74) is 2.79. The number of rotatable bonds is 3. The highest BCUT2D eigenvalue weighted by Crippen LogP contribution is 2.43. The minimum atomic E-state index is -0.526. The smallest absolute Gasteiger partial charge is 0.240 e. The monoisotopic (exact) mass is 400 g/mol. The summed E-state index contributed by atoms with van der Waals surface area (Å²) in [6.07, 6.45) is 1.55. The molecule has 0 aliphatic heterocycles. The maximum absolute atomic E-state index is 12.4. The van der Waals surface area contributed by atoms with Gasteiger partial charge in [0.1, 0.15) is 11.3 Å². The number of phenols is 1. The molecule has 8 nitrogen and oxygen atoms in total. The number of aromatic hydroxyl groups is 3. The lowest BCUT2D eigenvalue weighted by Gasteiger charge is -2.12. The molecule has 0 saturated heterocycles. The Labute approximate surface area is 169 Å². The number of nitrogens with zero attached hydrogens (tertiary/aromatic N) is 3. The Balaban J connectivity index is 1.86. The van der Waals surface area contributed by atoms with Crippen LogP contribution < -0.4 is 0 Å². The van der Waals surface area contributed by atoms with Crippen LogP contribution in [0.2, 0.25) is 0 Å². The van der Waals surface area contributed by atoms with E-state index >= 15 is 0 Å². The molecular formula is C22H16N4O4. The molecule has 8 heteroatoms. The zero-order chi connectivity index (χ0) is 21.0. The molecule has 0 spiro atoms. The Bertz CT molecular complexity index is 1470. The van der Waals surface area contributed by atoms with Gasteiger partial charge in [0.25, 0.3) is 0 Å². The molecule has 3 aromatic heterocycles. The van der Waals surface area contributed by atoms with Crippen LogP contribution in [0.25, 0.3) is 39.0 Å². The van der Waals surface area contributed by atoms with Gasteiger partial charge in [-0.2, -0.15) is 0 Å². The van der Waals surface area contributed by atoms with Crippen molar-refractivity contribution in [2.45, 2.75) is 6.92 Å². The quantitative estimate of drug-likeness (QED) is 0.341. The highest BCUT2D eigenvalue weighted by molar-refractivity contribution is 6.04. The molecule has 2 aromatic carbocycles. The van der Waals surface area contributed by atoms with E-state index in [-0.39, 0.29) is 17.0 Å². The Morgan fingerprint density at radius 3 is 2.70 bits per heavy atom. The van der Waals surface area contributed by atoms with E-state index in [0.717, 1.165) is 11.0 Å². The van der Waals surface area contributed by atoms with Crippen molar-refractivity contribution in [3.05, 3.63) is 60.4 Å². The minimum absolute atomic E-state index is 0.0100. The van der Waals surface area contributed by atoms with Gasteiger partial charge >= 0.3 is 0 Å². The molecule has 0 aliphatic carbocycles. The predicted octanol–water partition coefficient (Wildman–Crippen LogP) is 3.89. The zero-order valence-corrected chi connectivity index (χ0v) is 15.8. The van der Waals surface area contributed by atoms with Gasteiger partial charge in [-0.25, -0.2) is 9.97 Å². The van der Waals surface area contributed by atoms with Crippen LogP contribution in [-0.4, -0.2) is 40.6 Å². The van der Waals surface area contributed by atoms with Crippen LogP contribution in [0.15, 0.2) is 54.9 Å². The van der Waals surface area contributed by atoms with Crippen LogP contribution in [-0.2, 0) is 0 Å². The molecule has 0 amide bonds. The maximum Gasteiger partial charge on any atom is 0.240 e. The van der Waals surface area contributed by atoms with Crippen LogP contribution in [0.1, 0.15) is 17.3 Å². The average Bonchev–Trinajstić information content (AvgIpc) is 3.30.